The Labute approximate surface area is 267 Å². The number of aromatic nitrogens is 1. The molecule has 0 aliphatic carbocycles. The molecule has 45 heavy (non-hydrogen) atoms. The molecule has 0 unspecified atom stereocenters. The molecule has 3 heterocycles. The van der Waals surface area contributed by atoms with Gasteiger partial charge in [-0.3, -0.25) is 0 Å². The van der Waals surface area contributed by atoms with E-state index in [9.17, 15) is 0 Å². The number of hydrogen-bond donors (Lipinski definition) is 0. The second kappa shape index (κ2) is 9.64. The maximum Gasteiger partial charge on any atom is 0.0541 e. The third kappa shape index (κ3) is 3.78. The Morgan fingerprint density at radius 1 is 0.356 bits per heavy atom. The molecule has 3 heteroatoms. The Hall–Kier alpha value is -5.22. The predicted molar refractivity (Wildman–Crippen MR) is 197 cm³/mol. The fraction of sp³-hybridized carbons (Fsp3) is 0. The van der Waals surface area contributed by atoms with Crippen molar-refractivity contribution in [1.82, 2.24) is 4.57 Å². The minimum absolute atomic E-state index is 1.20. The van der Waals surface area contributed by atoms with Crippen LogP contribution in [0.3, 0.4) is 0 Å². The van der Waals surface area contributed by atoms with Crippen molar-refractivity contribution >= 4 is 84.8 Å². The molecule has 0 radical (unpaired) electrons. The summed E-state index contributed by atoms with van der Waals surface area (Å²) in [4.78, 5) is 0. The van der Waals surface area contributed by atoms with Crippen LogP contribution in [0.1, 0.15) is 0 Å². The van der Waals surface area contributed by atoms with Gasteiger partial charge in [-0.25, -0.2) is 0 Å². The zero-order chi connectivity index (χ0) is 29.5. The summed E-state index contributed by atoms with van der Waals surface area (Å²) in [6.07, 6.45) is 0. The lowest BCUT2D eigenvalue weighted by Crippen LogP contribution is -1.93. The van der Waals surface area contributed by atoms with Crippen LogP contribution in [0.5, 0.6) is 0 Å². The summed E-state index contributed by atoms with van der Waals surface area (Å²) in [5, 5.41) is 7.91. The second-order valence-corrected chi connectivity index (χ2v) is 13.9. The molecule has 0 saturated heterocycles. The number of hydrogen-bond acceptors (Lipinski definition) is 2. The first kappa shape index (κ1) is 25.1. The first-order valence-electron chi connectivity index (χ1n) is 15.3. The van der Waals surface area contributed by atoms with E-state index in [4.69, 9.17) is 0 Å². The highest BCUT2D eigenvalue weighted by molar-refractivity contribution is 7.26. The SMILES string of the molecule is c1ccc(-c2ccc3c(c2)c2ccccc2n3-c2ccc3c(c2)sc2cc(-c4cccc5sc6ccccc6c45)ccc23)cc1. The van der Waals surface area contributed by atoms with E-state index in [0.717, 1.165) is 0 Å². The fourth-order valence-electron chi connectivity index (χ4n) is 7.15. The summed E-state index contributed by atoms with van der Waals surface area (Å²) in [5.41, 5.74) is 8.73. The van der Waals surface area contributed by atoms with Crippen molar-refractivity contribution in [3.8, 4) is 27.9 Å². The Balaban J connectivity index is 1.14. The van der Waals surface area contributed by atoms with Crippen LogP contribution in [-0.4, -0.2) is 4.57 Å². The summed E-state index contributed by atoms with van der Waals surface area (Å²) in [7, 11) is 0. The predicted octanol–water partition coefficient (Wildman–Crippen LogP) is 12.9. The molecule has 0 aliphatic heterocycles. The molecule has 0 saturated carbocycles. The van der Waals surface area contributed by atoms with Gasteiger partial charge < -0.3 is 4.57 Å². The third-order valence-electron chi connectivity index (χ3n) is 9.21. The minimum Gasteiger partial charge on any atom is -0.309 e. The highest BCUT2D eigenvalue weighted by atomic mass is 32.1. The molecule has 0 atom stereocenters. The Kier molecular flexibility index (Phi) is 5.39. The molecular weight excluding hydrogens is 583 g/mol. The lowest BCUT2D eigenvalue weighted by Gasteiger charge is -2.09. The normalized spacial score (nSPS) is 12.0. The average molecular weight is 608 g/mol. The molecule has 0 aliphatic rings. The topological polar surface area (TPSA) is 4.93 Å². The van der Waals surface area contributed by atoms with Crippen molar-refractivity contribution in [3.63, 3.8) is 0 Å². The summed E-state index contributed by atoms with van der Waals surface area (Å²) >= 11 is 3.77. The molecule has 0 fully saturated rings. The number of rotatable bonds is 3. The summed E-state index contributed by atoms with van der Waals surface area (Å²) in [6, 6.07) is 55.8. The number of benzene rings is 7. The van der Waals surface area contributed by atoms with Crippen LogP contribution in [0, 0.1) is 0 Å². The molecule has 0 amide bonds. The molecule has 7 aromatic carbocycles. The van der Waals surface area contributed by atoms with Gasteiger partial charge in [-0.15, -0.1) is 22.7 Å². The van der Waals surface area contributed by atoms with E-state index >= 15 is 0 Å². The van der Waals surface area contributed by atoms with Crippen LogP contribution >= 0.6 is 22.7 Å². The van der Waals surface area contributed by atoms with Gasteiger partial charge in [0.05, 0.1) is 11.0 Å². The van der Waals surface area contributed by atoms with Gasteiger partial charge in [0.15, 0.2) is 0 Å². The number of fused-ring (bicyclic) bond motifs is 9. The van der Waals surface area contributed by atoms with E-state index < -0.39 is 0 Å². The Morgan fingerprint density at radius 3 is 1.96 bits per heavy atom. The van der Waals surface area contributed by atoms with Crippen molar-refractivity contribution < 1.29 is 0 Å². The second-order valence-electron chi connectivity index (χ2n) is 11.7. The molecule has 3 aromatic heterocycles. The first-order valence-corrected chi connectivity index (χ1v) is 16.9. The van der Waals surface area contributed by atoms with Crippen LogP contribution in [-0.2, 0) is 0 Å². The lowest BCUT2D eigenvalue weighted by atomic mass is 9.98. The van der Waals surface area contributed by atoms with Gasteiger partial charge in [-0.2, -0.15) is 0 Å². The molecule has 10 rings (SSSR count). The highest BCUT2D eigenvalue weighted by Gasteiger charge is 2.16. The summed E-state index contributed by atoms with van der Waals surface area (Å²) in [6.45, 7) is 0. The molecule has 0 bridgehead atoms. The van der Waals surface area contributed by atoms with Crippen LogP contribution in [0.4, 0.5) is 0 Å². The van der Waals surface area contributed by atoms with Gasteiger partial charge in [0.25, 0.3) is 0 Å². The molecule has 0 spiro atoms. The Morgan fingerprint density at radius 2 is 1.04 bits per heavy atom. The molecule has 10 aromatic rings. The van der Waals surface area contributed by atoms with Gasteiger partial charge in [0, 0.05) is 56.8 Å². The van der Waals surface area contributed by atoms with Crippen LogP contribution in [0.2, 0.25) is 0 Å². The van der Waals surface area contributed by atoms with Crippen molar-refractivity contribution in [2.45, 2.75) is 0 Å². The molecule has 1 nitrogen and oxygen atoms in total. The Bertz CT molecular complexity index is 2760. The fourth-order valence-corrected chi connectivity index (χ4v) is 9.46. The van der Waals surface area contributed by atoms with Gasteiger partial charge in [-0.1, -0.05) is 103 Å². The van der Waals surface area contributed by atoms with Crippen LogP contribution in [0.15, 0.2) is 152 Å². The van der Waals surface area contributed by atoms with Gasteiger partial charge in [0.2, 0.25) is 0 Å². The number of nitrogens with zero attached hydrogens (tertiary/aromatic N) is 1. The zero-order valence-corrected chi connectivity index (χ0v) is 25.8. The monoisotopic (exact) mass is 607 g/mol. The van der Waals surface area contributed by atoms with Crippen molar-refractivity contribution in [3.05, 3.63) is 152 Å². The van der Waals surface area contributed by atoms with E-state index in [2.05, 4.69) is 156 Å². The van der Waals surface area contributed by atoms with E-state index in [1.54, 1.807) is 0 Å². The summed E-state index contributed by atoms with van der Waals surface area (Å²) in [5.74, 6) is 0. The van der Waals surface area contributed by atoms with Crippen molar-refractivity contribution in [2.24, 2.45) is 0 Å². The summed E-state index contributed by atoms with van der Waals surface area (Å²) < 4.78 is 7.75. The number of thiophene rings is 2. The van der Waals surface area contributed by atoms with E-state index in [0.29, 0.717) is 0 Å². The lowest BCUT2D eigenvalue weighted by molar-refractivity contribution is 1.19. The largest absolute Gasteiger partial charge is 0.309 e. The van der Waals surface area contributed by atoms with Crippen LogP contribution in [0.25, 0.3) is 90.1 Å². The quantitative estimate of drug-likeness (QED) is 0.188. The maximum atomic E-state index is 2.43. The van der Waals surface area contributed by atoms with Crippen LogP contribution < -0.4 is 0 Å². The first-order chi connectivity index (χ1) is 22.3. The van der Waals surface area contributed by atoms with Crippen molar-refractivity contribution in [2.75, 3.05) is 0 Å². The zero-order valence-electron chi connectivity index (χ0n) is 24.2. The standard InChI is InChI=1S/C42H25NS2/c1-2-9-26(10-3-1)27-18-22-37-35(23-27)31-11-4-6-14-36(31)43(37)29-19-21-33-32-20-17-28(24-40(32)45-41(33)25-29)30-13-8-16-39-42(30)34-12-5-7-15-38(34)44-39/h1-25H. The van der Waals surface area contributed by atoms with E-state index in [1.807, 2.05) is 22.7 Å². The minimum atomic E-state index is 1.20. The molecule has 0 N–H and O–H groups in total. The van der Waals surface area contributed by atoms with Crippen molar-refractivity contribution in [1.29, 1.82) is 0 Å². The highest BCUT2D eigenvalue weighted by Crippen LogP contribution is 2.43. The third-order valence-corrected chi connectivity index (χ3v) is 11.5. The maximum absolute atomic E-state index is 2.43. The molecular formula is C42H25NS2. The molecule has 210 valence electrons. The van der Waals surface area contributed by atoms with Gasteiger partial charge in [-0.05, 0) is 70.8 Å². The average Bonchev–Trinajstić information content (AvgIpc) is 3.77. The van der Waals surface area contributed by atoms with Gasteiger partial charge >= 0.3 is 0 Å². The van der Waals surface area contributed by atoms with Gasteiger partial charge in [0.1, 0.15) is 0 Å². The smallest absolute Gasteiger partial charge is 0.0541 e. The van der Waals surface area contributed by atoms with E-state index in [1.165, 1.54) is 90.1 Å². The number of para-hydroxylation sites is 1. The van der Waals surface area contributed by atoms with E-state index in [-0.39, 0.29) is 0 Å².